The molecule has 0 aromatic heterocycles. The van der Waals surface area contributed by atoms with Gasteiger partial charge in [0.25, 0.3) is 0 Å². The number of hydrogen-bond donors (Lipinski definition) is 0. The average molecular weight is 279 g/mol. The van der Waals surface area contributed by atoms with Crippen molar-refractivity contribution in [3.8, 4) is 0 Å². The fourth-order valence-corrected chi connectivity index (χ4v) is 3.23. The van der Waals surface area contributed by atoms with Gasteiger partial charge in [-0.1, -0.05) is 48.5 Å². The van der Waals surface area contributed by atoms with Crippen molar-refractivity contribution in [1.29, 1.82) is 0 Å². The van der Waals surface area contributed by atoms with Crippen molar-refractivity contribution in [3.63, 3.8) is 0 Å². The van der Waals surface area contributed by atoms with Gasteiger partial charge in [-0.05, 0) is 36.1 Å². The van der Waals surface area contributed by atoms with Gasteiger partial charge < -0.3 is 0 Å². The lowest BCUT2D eigenvalue weighted by Crippen LogP contribution is -2.43. The summed E-state index contributed by atoms with van der Waals surface area (Å²) in [5, 5.41) is 4.50. The van der Waals surface area contributed by atoms with Crippen molar-refractivity contribution < 1.29 is 0 Å². The summed E-state index contributed by atoms with van der Waals surface area (Å²) in [7, 11) is 0. The van der Waals surface area contributed by atoms with Crippen LogP contribution in [0.25, 0.3) is 0 Å². The average Bonchev–Trinajstić information content (AvgIpc) is 2.52. The van der Waals surface area contributed by atoms with E-state index in [1.54, 1.807) is 0 Å². The third-order valence-electron chi connectivity index (χ3n) is 4.42. The summed E-state index contributed by atoms with van der Waals surface area (Å²) in [5.41, 5.74) is 5.59. The van der Waals surface area contributed by atoms with Crippen molar-refractivity contribution >= 4 is 0 Å². The third kappa shape index (κ3) is 3.02. The van der Waals surface area contributed by atoms with Crippen molar-refractivity contribution in [3.05, 3.63) is 70.8 Å². The van der Waals surface area contributed by atoms with Crippen molar-refractivity contribution in [1.82, 2.24) is 10.2 Å². The van der Waals surface area contributed by atoms with Gasteiger partial charge in [0.2, 0.25) is 0 Å². The van der Waals surface area contributed by atoms with Gasteiger partial charge in [0.1, 0.15) is 0 Å². The molecule has 1 aliphatic rings. The molecule has 0 bridgehead atoms. The fourth-order valence-electron chi connectivity index (χ4n) is 3.23. The number of piperazine rings is 1. The number of aryl methyl sites for hydroxylation is 2. The van der Waals surface area contributed by atoms with Crippen molar-refractivity contribution in [2.75, 3.05) is 26.2 Å². The van der Waals surface area contributed by atoms with Crippen LogP contribution in [0, 0.1) is 13.8 Å². The summed E-state index contributed by atoms with van der Waals surface area (Å²) < 4.78 is 0. The molecule has 21 heavy (non-hydrogen) atoms. The highest BCUT2D eigenvalue weighted by Crippen LogP contribution is 2.32. The first kappa shape index (κ1) is 14.3. The monoisotopic (exact) mass is 279 g/mol. The van der Waals surface area contributed by atoms with Crippen LogP contribution < -0.4 is 5.32 Å². The molecule has 0 spiro atoms. The molecular formula is C19H23N2. The lowest BCUT2D eigenvalue weighted by molar-refractivity contribution is 0.195. The first-order valence-electron chi connectivity index (χ1n) is 7.76. The van der Waals surface area contributed by atoms with Gasteiger partial charge in [0.15, 0.2) is 0 Å². The Morgan fingerprint density at radius 3 is 1.76 bits per heavy atom. The van der Waals surface area contributed by atoms with E-state index >= 15 is 0 Å². The van der Waals surface area contributed by atoms with Crippen LogP contribution in [-0.2, 0) is 0 Å². The fraction of sp³-hybridized carbons (Fsp3) is 0.368. The van der Waals surface area contributed by atoms with E-state index in [1.807, 2.05) is 0 Å². The summed E-state index contributed by atoms with van der Waals surface area (Å²) in [6.45, 7) is 8.44. The molecule has 0 saturated carbocycles. The first-order chi connectivity index (χ1) is 10.3. The molecule has 1 aliphatic heterocycles. The Bertz CT molecular complexity index is 555. The summed E-state index contributed by atoms with van der Waals surface area (Å²) in [4.78, 5) is 2.58. The van der Waals surface area contributed by atoms with Gasteiger partial charge in [-0.3, -0.25) is 4.90 Å². The minimum Gasteiger partial charge on any atom is -0.290 e. The van der Waals surface area contributed by atoms with Crippen LogP contribution in [-0.4, -0.2) is 31.1 Å². The molecule has 109 valence electrons. The Morgan fingerprint density at radius 1 is 0.810 bits per heavy atom. The van der Waals surface area contributed by atoms with E-state index in [9.17, 15) is 0 Å². The van der Waals surface area contributed by atoms with Gasteiger partial charge >= 0.3 is 0 Å². The molecule has 0 unspecified atom stereocenters. The second-order valence-corrected chi connectivity index (χ2v) is 5.82. The predicted molar refractivity (Wildman–Crippen MR) is 87.6 cm³/mol. The quantitative estimate of drug-likeness (QED) is 0.842. The highest BCUT2D eigenvalue weighted by atomic mass is 15.2. The Morgan fingerprint density at radius 2 is 1.29 bits per heavy atom. The zero-order valence-electron chi connectivity index (χ0n) is 12.9. The number of benzene rings is 2. The Balaban J connectivity index is 2.07. The van der Waals surface area contributed by atoms with Crippen molar-refractivity contribution in [2.24, 2.45) is 0 Å². The van der Waals surface area contributed by atoms with Crippen LogP contribution in [0.2, 0.25) is 0 Å². The van der Waals surface area contributed by atoms with E-state index in [0.29, 0.717) is 6.04 Å². The SMILES string of the molecule is Cc1ccccc1C(c1ccccc1C)N1CC[N]CC1. The maximum absolute atomic E-state index is 4.50. The molecule has 3 rings (SSSR count). The van der Waals surface area contributed by atoms with E-state index < -0.39 is 0 Å². The molecule has 1 fully saturated rings. The molecule has 0 aliphatic carbocycles. The molecule has 0 amide bonds. The zero-order valence-corrected chi connectivity index (χ0v) is 12.9. The van der Waals surface area contributed by atoms with Crippen LogP contribution in [0.5, 0.6) is 0 Å². The molecule has 2 aromatic rings. The van der Waals surface area contributed by atoms with Gasteiger partial charge in [-0.25, -0.2) is 5.32 Å². The van der Waals surface area contributed by atoms with Crippen LogP contribution in [0.4, 0.5) is 0 Å². The minimum absolute atomic E-state index is 0.350. The van der Waals surface area contributed by atoms with Crippen LogP contribution >= 0.6 is 0 Å². The normalized spacial score (nSPS) is 16.3. The highest BCUT2D eigenvalue weighted by Gasteiger charge is 2.26. The molecule has 2 aromatic carbocycles. The lowest BCUT2D eigenvalue weighted by Gasteiger charge is -2.36. The molecule has 1 heterocycles. The molecule has 1 saturated heterocycles. The first-order valence-corrected chi connectivity index (χ1v) is 7.76. The van der Waals surface area contributed by atoms with Crippen LogP contribution in [0.3, 0.4) is 0 Å². The molecule has 1 radical (unpaired) electrons. The van der Waals surface area contributed by atoms with Gasteiger partial charge in [-0.2, -0.15) is 0 Å². The predicted octanol–water partition coefficient (Wildman–Crippen LogP) is 3.31. The van der Waals surface area contributed by atoms with Gasteiger partial charge in [0, 0.05) is 26.2 Å². The standard InChI is InChI=1S/C19H23N2/c1-15-7-3-5-9-17(15)19(21-13-11-20-12-14-21)18-10-6-4-8-16(18)2/h3-10,19H,11-14H2,1-2H3. The Hall–Kier alpha value is -1.64. The lowest BCUT2D eigenvalue weighted by atomic mass is 9.90. The maximum Gasteiger partial charge on any atom is 0.0607 e. The highest BCUT2D eigenvalue weighted by molar-refractivity contribution is 5.40. The van der Waals surface area contributed by atoms with E-state index in [4.69, 9.17) is 0 Å². The minimum atomic E-state index is 0.350. The summed E-state index contributed by atoms with van der Waals surface area (Å²) in [6.07, 6.45) is 0. The molecule has 0 atom stereocenters. The van der Waals surface area contributed by atoms with E-state index in [2.05, 4.69) is 72.6 Å². The summed E-state index contributed by atoms with van der Waals surface area (Å²) in [5.74, 6) is 0. The Kier molecular flexibility index (Phi) is 4.37. The van der Waals surface area contributed by atoms with E-state index in [1.165, 1.54) is 22.3 Å². The number of rotatable bonds is 3. The van der Waals surface area contributed by atoms with Crippen LogP contribution in [0.1, 0.15) is 28.3 Å². The molecule has 0 N–H and O–H groups in total. The summed E-state index contributed by atoms with van der Waals surface area (Å²) in [6, 6.07) is 17.9. The van der Waals surface area contributed by atoms with Crippen LogP contribution in [0.15, 0.2) is 48.5 Å². The van der Waals surface area contributed by atoms with Gasteiger partial charge in [-0.15, -0.1) is 0 Å². The van der Waals surface area contributed by atoms with E-state index in [0.717, 1.165) is 26.2 Å². The Labute approximate surface area is 127 Å². The second kappa shape index (κ2) is 6.42. The number of nitrogens with zero attached hydrogens (tertiary/aromatic N) is 2. The smallest absolute Gasteiger partial charge is 0.0607 e. The molecule has 2 nitrogen and oxygen atoms in total. The third-order valence-corrected chi connectivity index (χ3v) is 4.42. The second-order valence-electron chi connectivity index (χ2n) is 5.82. The topological polar surface area (TPSA) is 17.3 Å². The molecule has 2 heteroatoms. The zero-order chi connectivity index (χ0) is 14.7. The molecular weight excluding hydrogens is 256 g/mol. The van der Waals surface area contributed by atoms with Crippen molar-refractivity contribution in [2.45, 2.75) is 19.9 Å². The van der Waals surface area contributed by atoms with E-state index in [-0.39, 0.29) is 0 Å². The number of hydrogen-bond acceptors (Lipinski definition) is 1. The maximum atomic E-state index is 4.50. The van der Waals surface area contributed by atoms with Gasteiger partial charge in [0.05, 0.1) is 6.04 Å². The summed E-state index contributed by atoms with van der Waals surface area (Å²) >= 11 is 0. The largest absolute Gasteiger partial charge is 0.290 e.